The molecule has 1 unspecified atom stereocenters. The molecule has 1 N–H and O–H groups in total. The summed E-state index contributed by atoms with van der Waals surface area (Å²) < 4.78 is 5.48. The Morgan fingerprint density at radius 3 is 2.69 bits per heavy atom. The SMILES string of the molecule is CCC(Oc1cccc(/C=C2/SC(=O)N(Cc3ccccc3Cl)C2=O)c1)C(=O)O. The number of aliphatic carboxylic acids is 1. The van der Waals surface area contributed by atoms with Gasteiger partial charge in [-0.25, -0.2) is 4.79 Å². The smallest absolute Gasteiger partial charge is 0.344 e. The summed E-state index contributed by atoms with van der Waals surface area (Å²) in [6.07, 6.45) is 0.958. The van der Waals surface area contributed by atoms with Gasteiger partial charge in [0.2, 0.25) is 0 Å². The van der Waals surface area contributed by atoms with Crippen LogP contribution >= 0.6 is 23.4 Å². The number of amides is 2. The van der Waals surface area contributed by atoms with Gasteiger partial charge < -0.3 is 9.84 Å². The second-order valence-electron chi connectivity index (χ2n) is 6.28. The van der Waals surface area contributed by atoms with Crippen LogP contribution < -0.4 is 4.74 Å². The Hall–Kier alpha value is -2.77. The molecular weight excluding hydrogens is 414 g/mol. The predicted molar refractivity (Wildman–Crippen MR) is 112 cm³/mol. The molecule has 0 saturated carbocycles. The molecule has 1 aliphatic rings. The van der Waals surface area contributed by atoms with E-state index in [1.165, 1.54) is 0 Å². The van der Waals surface area contributed by atoms with Crippen LogP contribution in [0.1, 0.15) is 24.5 Å². The van der Waals surface area contributed by atoms with E-state index in [1.54, 1.807) is 61.5 Å². The van der Waals surface area contributed by atoms with Crippen molar-refractivity contribution in [3.8, 4) is 5.75 Å². The molecule has 2 amide bonds. The molecule has 0 bridgehead atoms. The third-order valence-corrected chi connectivity index (χ3v) is 5.52. The number of hydrogen-bond donors (Lipinski definition) is 1. The molecule has 29 heavy (non-hydrogen) atoms. The van der Waals surface area contributed by atoms with E-state index in [2.05, 4.69) is 0 Å². The van der Waals surface area contributed by atoms with Crippen LogP contribution in [0.2, 0.25) is 5.02 Å². The summed E-state index contributed by atoms with van der Waals surface area (Å²) in [5, 5.41) is 9.25. The van der Waals surface area contributed by atoms with Gasteiger partial charge in [-0.2, -0.15) is 0 Å². The zero-order chi connectivity index (χ0) is 21.0. The largest absolute Gasteiger partial charge is 0.479 e. The van der Waals surface area contributed by atoms with Crippen LogP contribution in [0, 0.1) is 0 Å². The van der Waals surface area contributed by atoms with Crippen molar-refractivity contribution in [1.29, 1.82) is 0 Å². The number of thioether (sulfide) groups is 1. The van der Waals surface area contributed by atoms with E-state index in [4.69, 9.17) is 21.4 Å². The number of imide groups is 1. The maximum absolute atomic E-state index is 12.7. The van der Waals surface area contributed by atoms with Crippen LogP contribution in [-0.2, 0) is 16.1 Å². The summed E-state index contributed by atoms with van der Waals surface area (Å²) in [5.74, 6) is -1.06. The summed E-state index contributed by atoms with van der Waals surface area (Å²) in [6, 6.07) is 13.8. The Labute approximate surface area is 177 Å². The summed E-state index contributed by atoms with van der Waals surface area (Å²) in [5.41, 5.74) is 1.32. The number of rotatable bonds is 7. The lowest BCUT2D eigenvalue weighted by atomic mass is 10.2. The number of carbonyl (C=O) groups excluding carboxylic acids is 2. The van der Waals surface area contributed by atoms with E-state index in [-0.39, 0.29) is 16.7 Å². The number of hydrogen-bond acceptors (Lipinski definition) is 5. The first-order valence-electron chi connectivity index (χ1n) is 8.87. The highest BCUT2D eigenvalue weighted by Gasteiger charge is 2.35. The number of ether oxygens (including phenoxy) is 1. The molecule has 0 aliphatic carbocycles. The van der Waals surface area contributed by atoms with E-state index < -0.39 is 18.0 Å². The first-order valence-corrected chi connectivity index (χ1v) is 10.1. The lowest BCUT2D eigenvalue weighted by Gasteiger charge is -2.14. The molecular formula is C21H18ClNO5S. The minimum absolute atomic E-state index is 0.0988. The molecule has 0 radical (unpaired) electrons. The molecule has 8 heteroatoms. The Balaban J connectivity index is 1.78. The fraction of sp³-hybridized carbons (Fsp3) is 0.190. The quantitative estimate of drug-likeness (QED) is 0.633. The molecule has 0 spiro atoms. The van der Waals surface area contributed by atoms with E-state index >= 15 is 0 Å². The molecule has 1 saturated heterocycles. The predicted octanol–water partition coefficient (Wildman–Crippen LogP) is 4.82. The number of carboxylic acid groups (broad SMARTS) is 1. The van der Waals surface area contributed by atoms with Crippen LogP contribution in [0.15, 0.2) is 53.4 Å². The molecule has 150 valence electrons. The van der Waals surface area contributed by atoms with E-state index in [1.807, 2.05) is 0 Å². The molecule has 1 heterocycles. The van der Waals surface area contributed by atoms with E-state index in [9.17, 15) is 14.4 Å². The zero-order valence-electron chi connectivity index (χ0n) is 15.5. The van der Waals surface area contributed by atoms with Crippen molar-refractivity contribution < 1.29 is 24.2 Å². The Kier molecular flexibility index (Phi) is 6.61. The van der Waals surface area contributed by atoms with Gasteiger partial charge >= 0.3 is 5.97 Å². The van der Waals surface area contributed by atoms with Crippen molar-refractivity contribution in [3.05, 3.63) is 69.6 Å². The van der Waals surface area contributed by atoms with Gasteiger partial charge in [0.25, 0.3) is 11.1 Å². The highest BCUT2D eigenvalue weighted by atomic mass is 35.5. The third kappa shape index (κ3) is 4.99. The van der Waals surface area contributed by atoms with Crippen LogP contribution in [0.3, 0.4) is 0 Å². The number of halogens is 1. The molecule has 1 atom stereocenters. The third-order valence-electron chi connectivity index (χ3n) is 4.24. The first-order chi connectivity index (χ1) is 13.9. The molecule has 0 aromatic heterocycles. The van der Waals surface area contributed by atoms with E-state index in [0.717, 1.165) is 16.7 Å². The normalized spacial score (nSPS) is 16.3. The summed E-state index contributed by atoms with van der Waals surface area (Å²) in [4.78, 5) is 37.6. The molecule has 3 rings (SSSR count). The van der Waals surface area contributed by atoms with Crippen LogP contribution in [0.25, 0.3) is 6.08 Å². The average molecular weight is 432 g/mol. The van der Waals surface area contributed by atoms with Gasteiger partial charge in [-0.15, -0.1) is 0 Å². The maximum atomic E-state index is 12.7. The van der Waals surface area contributed by atoms with Gasteiger partial charge in [0.1, 0.15) is 5.75 Å². The molecule has 2 aromatic rings. The minimum Gasteiger partial charge on any atom is -0.479 e. The lowest BCUT2D eigenvalue weighted by Crippen LogP contribution is -2.27. The highest BCUT2D eigenvalue weighted by molar-refractivity contribution is 8.18. The fourth-order valence-corrected chi connectivity index (χ4v) is 3.77. The van der Waals surface area contributed by atoms with Crippen LogP contribution in [-0.4, -0.2) is 33.2 Å². The summed E-state index contributed by atoms with van der Waals surface area (Å²) in [6.45, 7) is 1.82. The van der Waals surface area contributed by atoms with Gasteiger partial charge in [0, 0.05) is 5.02 Å². The topological polar surface area (TPSA) is 83.9 Å². The molecule has 1 fully saturated rings. The van der Waals surface area contributed by atoms with Crippen LogP contribution in [0.5, 0.6) is 5.75 Å². The molecule has 6 nitrogen and oxygen atoms in total. The average Bonchev–Trinajstić information content (AvgIpc) is 2.95. The van der Waals surface area contributed by atoms with Gasteiger partial charge in [0.15, 0.2) is 6.10 Å². The van der Waals surface area contributed by atoms with Gasteiger partial charge in [0.05, 0.1) is 11.4 Å². The first kappa shape index (κ1) is 21.0. The minimum atomic E-state index is -1.04. The van der Waals surface area contributed by atoms with Crippen molar-refractivity contribution in [2.45, 2.75) is 26.0 Å². The number of benzene rings is 2. The molecule has 1 aliphatic heterocycles. The second kappa shape index (κ2) is 9.15. The zero-order valence-corrected chi connectivity index (χ0v) is 17.1. The summed E-state index contributed by atoms with van der Waals surface area (Å²) >= 11 is 6.98. The monoisotopic (exact) mass is 431 g/mol. The Bertz CT molecular complexity index is 991. The standard InChI is InChI=1S/C21H18ClNO5S/c1-2-17(20(25)26)28-15-8-5-6-13(10-15)11-18-19(24)23(21(27)29-18)12-14-7-3-4-9-16(14)22/h3-11,17H,2,12H2,1H3,(H,25,26)/b18-11+. The molecule has 2 aromatic carbocycles. The van der Waals surface area contributed by atoms with Crippen molar-refractivity contribution in [2.75, 3.05) is 0 Å². The lowest BCUT2D eigenvalue weighted by molar-refractivity contribution is -0.145. The van der Waals surface area contributed by atoms with Gasteiger partial charge in [-0.05, 0) is 53.6 Å². The fourth-order valence-electron chi connectivity index (χ4n) is 2.73. The van der Waals surface area contributed by atoms with Gasteiger partial charge in [-0.3, -0.25) is 14.5 Å². The van der Waals surface area contributed by atoms with E-state index in [0.29, 0.717) is 28.3 Å². The Morgan fingerprint density at radius 1 is 1.24 bits per heavy atom. The highest BCUT2D eigenvalue weighted by Crippen LogP contribution is 2.34. The Morgan fingerprint density at radius 2 is 2.00 bits per heavy atom. The van der Waals surface area contributed by atoms with Crippen molar-refractivity contribution in [1.82, 2.24) is 4.90 Å². The maximum Gasteiger partial charge on any atom is 0.344 e. The van der Waals surface area contributed by atoms with Gasteiger partial charge in [-0.1, -0.05) is 48.9 Å². The van der Waals surface area contributed by atoms with Crippen molar-refractivity contribution in [2.24, 2.45) is 0 Å². The van der Waals surface area contributed by atoms with Crippen molar-refractivity contribution >= 4 is 46.6 Å². The number of nitrogens with zero attached hydrogens (tertiary/aromatic N) is 1. The number of carbonyl (C=O) groups is 3. The number of carboxylic acids is 1. The second-order valence-corrected chi connectivity index (χ2v) is 7.69. The summed E-state index contributed by atoms with van der Waals surface area (Å²) in [7, 11) is 0. The van der Waals surface area contributed by atoms with Crippen LogP contribution in [0.4, 0.5) is 4.79 Å². The van der Waals surface area contributed by atoms with Crippen molar-refractivity contribution in [3.63, 3.8) is 0 Å².